The number of para-hydroxylation sites is 1. The van der Waals surface area contributed by atoms with Crippen molar-refractivity contribution in [2.75, 3.05) is 24.5 Å². The van der Waals surface area contributed by atoms with Crippen LogP contribution >= 0.6 is 11.6 Å². The Morgan fingerprint density at radius 3 is 2.52 bits per heavy atom. The van der Waals surface area contributed by atoms with Gasteiger partial charge in [0, 0.05) is 29.4 Å². The van der Waals surface area contributed by atoms with Crippen LogP contribution in [0.2, 0.25) is 5.02 Å². The van der Waals surface area contributed by atoms with Crippen LogP contribution in [0.1, 0.15) is 15.9 Å². The molecule has 0 spiro atoms. The number of amides is 2. The van der Waals surface area contributed by atoms with Crippen molar-refractivity contribution in [1.82, 2.24) is 4.90 Å². The van der Waals surface area contributed by atoms with Gasteiger partial charge in [0.25, 0.3) is 5.91 Å². The Kier molecular flexibility index (Phi) is 4.35. The lowest BCUT2D eigenvalue weighted by Crippen LogP contribution is -2.52. The third-order valence-electron chi connectivity index (χ3n) is 4.01. The van der Waals surface area contributed by atoms with Crippen LogP contribution < -0.4 is 4.90 Å². The molecule has 5 heteroatoms. The van der Waals surface area contributed by atoms with Gasteiger partial charge in [-0.3, -0.25) is 9.59 Å². The van der Waals surface area contributed by atoms with Gasteiger partial charge in [0.2, 0.25) is 5.91 Å². The molecular formula is C18H17ClN2O2. The largest absolute Gasteiger partial charge is 0.328 e. The van der Waals surface area contributed by atoms with E-state index >= 15 is 0 Å². The molecule has 2 amide bonds. The normalized spacial score (nSPS) is 15.0. The zero-order valence-corrected chi connectivity index (χ0v) is 13.6. The van der Waals surface area contributed by atoms with Crippen molar-refractivity contribution in [2.45, 2.75) is 6.92 Å². The highest BCUT2D eigenvalue weighted by molar-refractivity contribution is 6.31. The van der Waals surface area contributed by atoms with Crippen molar-refractivity contribution < 1.29 is 9.59 Å². The van der Waals surface area contributed by atoms with Crippen LogP contribution in [0.3, 0.4) is 0 Å². The second-order valence-electron chi connectivity index (χ2n) is 5.57. The Bertz CT molecular complexity index is 746. The first-order valence-corrected chi connectivity index (χ1v) is 7.85. The standard InChI is InChI=1S/C18H17ClN2O2/c1-13-7-8-14(19)11-16(13)18(23)20-9-10-21(17(22)12-20)15-5-3-2-4-6-15/h2-8,11H,9-10,12H2,1H3. The molecule has 1 heterocycles. The quantitative estimate of drug-likeness (QED) is 0.849. The summed E-state index contributed by atoms with van der Waals surface area (Å²) >= 11 is 5.99. The third-order valence-corrected chi connectivity index (χ3v) is 4.24. The summed E-state index contributed by atoms with van der Waals surface area (Å²) in [5.41, 5.74) is 2.28. The van der Waals surface area contributed by atoms with Crippen LogP contribution in [0.4, 0.5) is 5.69 Å². The molecule has 2 aromatic carbocycles. The van der Waals surface area contributed by atoms with Gasteiger partial charge in [-0.2, -0.15) is 0 Å². The van der Waals surface area contributed by atoms with Gasteiger partial charge >= 0.3 is 0 Å². The van der Waals surface area contributed by atoms with Crippen LogP contribution in [0.15, 0.2) is 48.5 Å². The summed E-state index contributed by atoms with van der Waals surface area (Å²) in [4.78, 5) is 28.4. The average molecular weight is 329 g/mol. The zero-order chi connectivity index (χ0) is 16.4. The summed E-state index contributed by atoms with van der Waals surface area (Å²) in [6.07, 6.45) is 0. The van der Waals surface area contributed by atoms with Gasteiger partial charge in [-0.15, -0.1) is 0 Å². The predicted molar refractivity (Wildman–Crippen MR) is 90.9 cm³/mol. The monoisotopic (exact) mass is 328 g/mol. The fourth-order valence-corrected chi connectivity index (χ4v) is 2.89. The average Bonchev–Trinajstić information content (AvgIpc) is 2.57. The maximum atomic E-state index is 12.7. The Balaban J connectivity index is 1.76. The molecule has 4 nitrogen and oxygen atoms in total. The Labute approximate surface area is 140 Å². The number of hydrogen-bond acceptors (Lipinski definition) is 2. The summed E-state index contributed by atoms with van der Waals surface area (Å²) < 4.78 is 0. The molecule has 0 atom stereocenters. The fourth-order valence-electron chi connectivity index (χ4n) is 2.72. The minimum atomic E-state index is -0.147. The van der Waals surface area contributed by atoms with Gasteiger partial charge in [-0.25, -0.2) is 0 Å². The molecule has 1 saturated heterocycles. The van der Waals surface area contributed by atoms with E-state index in [1.54, 1.807) is 21.9 Å². The summed E-state index contributed by atoms with van der Waals surface area (Å²) in [5.74, 6) is -0.221. The van der Waals surface area contributed by atoms with Gasteiger partial charge in [-0.1, -0.05) is 35.9 Å². The van der Waals surface area contributed by atoms with E-state index in [0.29, 0.717) is 23.7 Å². The first-order chi connectivity index (χ1) is 11.1. The maximum absolute atomic E-state index is 12.7. The molecule has 0 unspecified atom stereocenters. The molecule has 0 aromatic heterocycles. The minimum absolute atomic E-state index is 0.0736. The Morgan fingerprint density at radius 1 is 1.09 bits per heavy atom. The van der Waals surface area contributed by atoms with Crippen molar-refractivity contribution in [1.29, 1.82) is 0 Å². The number of benzene rings is 2. The summed E-state index contributed by atoms with van der Waals surface area (Å²) in [5, 5.41) is 0.521. The molecule has 0 N–H and O–H groups in total. The molecule has 1 aliphatic rings. The lowest BCUT2D eigenvalue weighted by Gasteiger charge is -2.34. The van der Waals surface area contributed by atoms with E-state index in [9.17, 15) is 9.59 Å². The zero-order valence-electron chi connectivity index (χ0n) is 12.8. The third kappa shape index (κ3) is 3.22. The molecule has 118 valence electrons. The summed E-state index contributed by atoms with van der Waals surface area (Å²) in [7, 11) is 0. The molecule has 1 fully saturated rings. The van der Waals surface area contributed by atoms with E-state index < -0.39 is 0 Å². The van der Waals surface area contributed by atoms with E-state index in [0.717, 1.165) is 11.3 Å². The first kappa shape index (κ1) is 15.6. The molecule has 1 aliphatic heterocycles. The summed E-state index contributed by atoms with van der Waals surface area (Å²) in [6, 6.07) is 14.7. The van der Waals surface area contributed by atoms with Gasteiger partial charge < -0.3 is 9.80 Å². The minimum Gasteiger partial charge on any atom is -0.328 e. The number of anilines is 1. The molecular weight excluding hydrogens is 312 g/mol. The number of piperazine rings is 1. The number of halogens is 1. The van der Waals surface area contributed by atoms with Gasteiger partial charge in [-0.05, 0) is 36.8 Å². The lowest BCUT2D eigenvalue weighted by atomic mass is 10.1. The highest BCUT2D eigenvalue weighted by atomic mass is 35.5. The van der Waals surface area contributed by atoms with Crippen LogP contribution in [-0.4, -0.2) is 36.3 Å². The number of nitrogens with zero attached hydrogens (tertiary/aromatic N) is 2. The Morgan fingerprint density at radius 2 is 1.83 bits per heavy atom. The Hall–Kier alpha value is -2.33. The second-order valence-corrected chi connectivity index (χ2v) is 6.00. The van der Waals surface area contributed by atoms with Crippen LogP contribution in [0.25, 0.3) is 0 Å². The number of rotatable bonds is 2. The number of carbonyl (C=O) groups is 2. The first-order valence-electron chi connectivity index (χ1n) is 7.47. The van der Waals surface area contributed by atoms with Crippen LogP contribution in [0.5, 0.6) is 0 Å². The number of hydrogen-bond donors (Lipinski definition) is 0. The van der Waals surface area contributed by atoms with Crippen molar-refractivity contribution >= 4 is 29.1 Å². The molecule has 0 bridgehead atoms. The fraction of sp³-hybridized carbons (Fsp3) is 0.222. The smallest absolute Gasteiger partial charge is 0.254 e. The van der Waals surface area contributed by atoms with E-state index in [1.165, 1.54) is 0 Å². The second kappa shape index (κ2) is 6.42. The number of carbonyl (C=O) groups excluding carboxylic acids is 2. The maximum Gasteiger partial charge on any atom is 0.254 e. The van der Waals surface area contributed by atoms with Crippen LogP contribution in [0, 0.1) is 6.92 Å². The van der Waals surface area contributed by atoms with Crippen molar-refractivity contribution in [3.8, 4) is 0 Å². The lowest BCUT2D eigenvalue weighted by molar-refractivity contribution is -0.120. The molecule has 23 heavy (non-hydrogen) atoms. The topological polar surface area (TPSA) is 40.6 Å². The predicted octanol–water partition coefficient (Wildman–Crippen LogP) is 3.14. The highest BCUT2D eigenvalue weighted by Gasteiger charge is 2.29. The van der Waals surface area contributed by atoms with Gasteiger partial charge in [0.15, 0.2) is 0 Å². The SMILES string of the molecule is Cc1ccc(Cl)cc1C(=O)N1CCN(c2ccccc2)C(=O)C1. The molecule has 3 rings (SSSR count). The van der Waals surface area contributed by atoms with E-state index in [2.05, 4.69) is 0 Å². The molecule has 0 saturated carbocycles. The van der Waals surface area contributed by atoms with E-state index in [1.807, 2.05) is 43.3 Å². The highest BCUT2D eigenvalue weighted by Crippen LogP contribution is 2.20. The van der Waals surface area contributed by atoms with Gasteiger partial charge in [0.05, 0.1) is 0 Å². The molecule has 0 radical (unpaired) electrons. The summed E-state index contributed by atoms with van der Waals surface area (Å²) in [6.45, 7) is 2.95. The number of aryl methyl sites for hydroxylation is 1. The van der Waals surface area contributed by atoms with E-state index in [4.69, 9.17) is 11.6 Å². The van der Waals surface area contributed by atoms with Crippen LogP contribution in [-0.2, 0) is 4.79 Å². The van der Waals surface area contributed by atoms with Crippen molar-refractivity contribution in [3.63, 3.8) is 0 Å². The van der Waals surface area contributed by atoms with Crippen molar-refractivity contribution in [3.05, 3.63) is 64.7 Å². The molecule has 0 aliphatic carbocycles. The molecule has 2 aromatic rings. The van der Waals surface area contributed by atoms with Gasteiger partial charge in [0.1, 0.15) is 6.54 Å². The van der Waals surface area contributed by atoms with Crippen molar-refractivity contribution in [2.24, 2.45) is 0 Å². The van der Waals surface area contributed by atoms with E-state index in [-0.39, 0.29) is 18.4 Å².